The number of carbonyl (C=O) groups is 3. The van der Waals surface area contributed by atoms with Gasteiger partial charge in [-0.15, -0.1) is 0 Å². The standard InChI is InChI=1S/C23H29ClN2O6/c1-4-31-21(30)17-16-20(29)26(10-7-11-27)18(23(16)12-13(2)22(17,3)32-23)19(28)25-15-9-6-5-8-14(15)24/h5-6,8-9,13,16-18,27H,4,7,10-12H2,1-3H3,(H,25,28)/t13?,16-,17-,18?,22+,23?/m0/s1. The van der Waals surface area contributed by atoms with E-state index in [1.165, 1.54) is 4.90 Å². The van der Waals surface area contributed by atoms with Crippen LogP contribution in [0.4, 0.5) is 5.69 Å². The molecule has 3 saturated heterocycles. The number of nitrogens with one attached hydrogen (secondary N) is 1. The van der Waals surface area contributed by atoms with Crippen molar-refractivity contribution >= 4 is 35.1 Å². The number of ether oxygens (including phenoxy) is 2. The van der Waals surface area contributed by atoms with Gasteiger partial charge in [0, 0.05) is 13.2 Å². The van der Waals surface area contributed by atoms with Gasteiger partial charge < -0.3 is 24.8 Å². The summed E-state index contributed by atoms with van der Waals surface area (Å²) in [6.45, 7) is 5.77. The van der Waals surface area contributed by atoms with Gasteiger partial charge in [0.1, 0.15) is 17.6 Å². The van der Waals surface area contributed by atoms with E-state index < -0.39 is 41.0 Å². The van der Waals surface area contributed by atoms with Gasteiger partial charge in [0.2, 0.25) is 11.8 Å². The zero-order chi connectivity index (χ0) is 23.3. The van der Waals surface area contributed by atoms with Crippen molar-refractivity contribution in [2.24, 2.45) is 17.8 Å². The van der Waals surface area contributed by atoms with E-state index in [2.05, 4.69) is 5.32 Å². The second-order valence-corrected chi connectivity index (χ2v) is 9.44. The van der Waals surface area contributed by atoms with Crippen LogP contribution < -0.4 is 5.32 Å². The Balaban J connectivity index is 1.76. The molecule has 2 bridgehead atoms. The van der Waals surface area contributed by atoms with Crippen LogP contribution in [-0.4, -0.2) is 64.8 Å². The molecule has 3 aliphatic heterocycles. The number of benzene rings is 1. The lowest BCUT2D eigenvalue weighted by atomic mass is 9.62. The molecule has 3 aliphatic rings. The lowest BCUT2D eigenvalue weighted by Gasteiger charge is -2.35. The Morgan fingerprint density at radius 3 is 2.75 bits per heavy atom. The summed E-state index contributed by atoms with van der Waals surface area (Å²) in [7, 11) is 0. The molecular weight excluding hydrogens is 436 g/mol. The zero-order valence-corrected chi connectivity index (χ0v) is 19.2. The van der Waals surface area contributed by atoms with Crippen LogP contribution in [0.5, 0.6) is 0 Å². The van der Waals surface area contributed by atoms with E-state index in [0.29, 0.717) is 23.6 Å². The second-order valence-electron chi connectivity index (χ2n) is 9.03. The monoisotopic (exact) mass is 464 g/mol. The zero-order valence-electron chi connectivity index (χ0n) is 18.5. The number of para-hydroxylation sites is 1. The first-order valence-electron chi connectivity index (χ1n) is 11.0. The first-order valence-corrected chi connectivity index (χ1v) is 11.4. The lowest BCUT2D eigenvalue weighted by molar-refractivity contribution is -0.160. The fourth-order valence-electron chi connectivity index (χ4n) is 5.87. The van der Waals surface area contributed by atoms with Gasteiger partial charge in [-0.3, -0.25) is 14.4 Å². The van der Waals surface area contributed by atoms with Crippen molar-refractivity contribution in [1.29, 1.82) is 0 Å². The second kappa shape index (κ2) is 8.32. The van der Waals surface area contributed by atoms with E-state index in [9.17, 15) is 19.5 Å². The summed E-state index contributed by atoms with van der Waals surface area (Å²) in [5.74, 6) is -2.89. The SMILES string of the molecule is CCOC(=O)[C@@H]1[C@H]2C(=O)N(CCCO)C(C(=O)Nc3ccccc3Cl)C23CC(C)[C@@]1(C)O3. The van der Waals surface area contributed by atoms with E-state index in [4.69, 9.17) is 21.1 Å². The number of aliphatic hydroxyl groups is 1. The highest BCUT2D eigenvalue weighted by Crippen LogP contribution is 2.65. The van der Waals surface area contributed by atoms with E-state index in [0.717, 1.165) is 0 Å². The molecule has 1 aromatic rings. The Kier molecular flexibility index (Phi) is 5.98. The molecule has 0 aliphatic carbocycles. The number of halogens is 1. The minimum Gasteiger partial charge on any atom is -0.466 e. The van der Waals surface area contributed by atoms with Crippen molar-refractivity contribution in [3.05, 3.63) is 29.3 Å². The molecule has 1 aromatic carbocycles. The molecule has 0 radical (unpaired) electrons. The normalized spacial score (nSPS) is 35.2. The van der Waals surface area contributed by atoms with Crippen molar-refractivity contribution < 1.29 is 29.0 Å². The third-order valence-corrected chi connectivity index (χ3v) is 7.62. The van der Waals surface area contributed by atoms with Crippen molar-refractivity contribution in [2.45, 2.75) is 50.9 Å². The first kappa shape index (κ1) is 23.0. The van der Waals surface area contributed by atoms with Gasteiger partial charge in [0.05, 0.1) is 28.8 Å². The van der Waals surface area contributed by atoms with Crippen LogP contribution in [0.2, 0.25) is 5.02 Å². The summed E-state index contributed by atoms with van der Waals surface area (Å²) in [5.41, 5.74) is -1.62. The Morgan fingerprint density at radius 2 is 2.09 bits per heavy atom. The predicted octanol–water partition coefficient (Wildman–Crippen LogP) is 2.23. The topological polar surface area (TPSA) is 105 Å². The highest BCUT2D eigenvalue weighted by molar-refractivity contribution is 6.33. The maximum Gasteiger partial charge on any atom is 0.312 e. The van der Waals surface area contributed by atoms with Gasteiger partial charge in [-0.1, -0.05) is 30.7 Å². The number of carbonyl (C=O) groups excluding carboxylic acids is 3. The Morgan fingerprint density at radius 1 is 1.38 bits per heavy atom. The minimum atomic E-state index is -1.15. The Labute approximate surface area is 192 Å². The number of anilines is 1. The highest BCUT2D eigenvalue weighted by Gasteiger charge is 2.80. The number of amides is 2. The molecule has 1 spiro atoms. The number of likely N-dealkylation sites (tertiary alicyclic amines) is 1. The molecule has 3 unspecified atom stereocenters. The molecule has 4 rings (SSSR count). The number of nitrogens with zero attached hydrogens (tertiary/aromatic N) is 1. The van der Waals surface area contributed by atoms with Gasteiger partial charge in [0.15, 0.2) is 0 Å². The number of hydrogen-bond acceptors (Lipinski definition) is 6. The summed E-state index contributed by atoms with van der Waals surface area (Å²) >= 11 is 6.24. The van der Waals surface area contributed by atoms with Crippen LogP contribution >= 0.6 is 11.6 Å². The van der Waals surface area contributed by atoms with Gasteiger partial charge in [-0.05, 0) is 44.7 Å². The summed E-state index contributed by atoms with van der Waals surface area (Å²) in [6, 6.07) is 5.91. The largest absolute Gasteiger partial charge is 0.466 e. The van der Waals surface area contributed by atoms with Crippen molar-refractivity contribution in [3.63, 3.8) is 0 Å². The molecule has 0 aromatic heterocycles. The van der Waals surface area contributed by atoms with Crippen LogP contribution in [0.3, 0.4) is 0 Å². The number of rotatable bonds is 7. The molecule has 3 fully saturated rings. The van der Waals surface area contributed by atoms with Crippen LogP contribution in [0.1, 0.15) is 33.6 Å². The fourth-order valence-corrected chi connectivity index (χ4v) is 6.06. The Bertz CT molecular complexity index is 941. The number of fused-ring (bicyclic) bond motifs is 1. The van der Waals surface area contributed by atoms with Crippen molar-refractivity contribution in [3.8, 4) is 0 Å². The molecule has 32 heavy (non-hydrogen) atoms. The minimum absolute atomic E-state index is 0.0608. The lowest BCUT2D eigenvalue weighted by Crippen LogP contribution is -2.54. The third-order valence-electron chi connectivity index (χ3n) is 7.29. The highest BCUT2D eigenvalue weighted by atomic mass is 35.5. The van der Waals surface area contributed by atoms with E-state index in [-0.39, 0.29) is 31.6 Å². The van der Waals surface area contributed by atoms with Gasteiger partial charge in [-0.25, -0.2) is 0 Å². The van der Waals surface area contributed by atoms with Gasteiger partial charge in [0.25, 0.3) is 0 Å². The number of hydrogen-bond donors (Lipinski definition) is 2. The quantitative estimate of drug-likeness (QED) is 0.599. The molecule has 0 saturated carbocycles. The van der Waals surface area contributed by atoms with E-state index >= 15 is 0 Å². The molecular formula is C23H29ClN2O6. The molecule has 3 heterocycles. The smallest absolute Gasteiger partial charge is 0.312 e. The van der Waals surface area contributed by atoms with E-state index in [1.54, 1.807) is 31.2 Å². The fraction of sp³-hybridized carbons (Fsp3) is 0.609. The Hall–Kier alpha value is -2.16. The van der Waals surface area contributed by atoms with Crippen molar-refractivity contribution in [2.75, 3.05) is 25.1 Å². The van der Waals surface area contributed by atoms with E-state index in [1.807, 2.05) is 13.8 Å². The molecule has 2 amide bonds. The molecule has 2 N–H and O–H groups in total. The summed E-state index contributed by atoms with van der Waals surface area (Å²) in [4.78, 5) is 41.7. The molecule has 8 nitrogen and oxygen atoms in total. The maximum atomic E-state index is 13.6. The molecule has 174 valence electrons. The number of aliphatic hydroxyl groups excluding tert-OH is 1. The van der Waals surface area contributed by atoms with Crippen LogP contribution in [0.25, 0.3) is 0 Å². The van der Waals surface area contributed by atoms with Gasteiger partial charge >= 0.3 is 5.97 Å². The third kappa shape index (κ3) is 3.23. The average molecular weight is 465 g/mol. The summed E-state index contributed by atoms with van der Waals surface area (Å²) in [5, 5.41) is 12.6. The first-order chi connectivity index (χ1) is 15.2. The summed E-state index contributed by atoms with van der Waals surface area (Å²) < 4.78 is 11.8. The van der Waals surface area contributed by atoms with Crippen LogP contribution in [-0.2, 0) is 23.9 Å². The van der Waals surface area contributed by atoms with Crippen molar-refractivity contribution in [1.82, 2.24) is 4.90 Å². The predicted molar refractivity (Wildman–Crippen MR) is 117 cm³/mol. The van der Waals surface area contributed by atoms with Crippen LogP contribution in [0, 0.1) is 17.8 Å². The number of esters is 1. The molecule has 6 atom stereocenters. The summed E-state index contributed by atoms with van der Waals surface area (Å²) in [6.07, 6.45) is 0.771. The van der Waals surface area contributed by atoms with Gasteiger partial charge in [-0.2, -0.15) is 0 Å². The maximum absolute atomic E-state index is 13.6. The molecule has 9 heteroatoms. The average Bonchev–Trinajstić information content (AvgIpc) is 3.25. The van der Waals surface area contributed by atoms with Crippen LogP contribution in [0.15, 0.2) is 24.3 Å².